The summed E-state index contributed by atoms with van der Waals surface area (Å²) in [6.07, 6.45) is -0.177. The first-order chi connectivity index (χ1) is 6.43. The van der Waals surface area contributed by atoms with E-state index in [4.69, 9.17) is 10.8 Å². The summed E-state index contributed by atoms with van der Waals surface area (Å²) in [6.45, 7) is 3.57. The number of thioether (sulfide) groups is 1. The van der Waals surface area contributed by atoms with E-state index in [1.807, 2.05) is 12.2 Å². The summed E-state index contributed by atoms with van der Waals surface area (Å²) in [5.41, 5.74) is 4.76. The van der Waals surface area contributed by atoms with Crippen molar-refractivity contribution in [1.29, 1.82) is 0 Å². The van der Waals surface area contributed by atoms with Crippen LogP contribution in [0.1, 0.15) is 20.3 Å². The molecule has 0 aliphatic carbocycles. The van der Waals surface area contributed by atoms with Gasteiger partial charge in [0.15, 0.2) is 0 Å². The lowest BCUT2D eigenvalue weighted by atomic mass is 10.3. The highest BCUT2D eigenvalue weighted by atomic mass is 32.2. The summed E-state index contributed by atoms with van der Waals surface area (Å²) in [5.74, 6) is 0.174. The van der Waals surface area contributed by atoms with Crippen molar-refractivity contribution < 1.29 is 14.7 Å². The van der Waals surface area contributed by atoms with Gasteiger partial charge in [-0.05, 0) is 6.92 Å². The minimum absolute atomic E-state index is 0.0800. The molecule has 0 fully saturated rings. The lowest BCUT2D eigenvalue weighted by Gasteiger charge is -2.13. The van der Waals surface area contributed by atoms with Gasteiger partial charge in [-0.25, -0.2) is 4.79 Å². The number of amides is 3. The molecule has 2 atom stereocenters. The summed E-state index contributed by atoms with van der Waals surface area (Å²) in [6, 6.07) is -0.830. The van der Waals surface area contributed by atoms with Crippen LogP contribution < -0.4 is 11.1 Å². The maximum atomic E-state index is 10.9. The second-order valence-corrected chi connectivity index (χ2v) is 4.46. The molecule has 6 heteroatoms. The third kappa shape index (κ3) is 6.73. The second-order valence-electron chi connectivity index (χ2n) is 2.98. The summed E-state index contributed by atoms with van der Waals surface area (Å²) in [5, 5.41) is 11.2. The van der Waals surface area contributed by atoms with E-state index >= 15 is 0 Å². The van der Waals surface area contributed by atoms with Crippen molar-refractivity contribution >= 4 is 23.7 Å². The number of urea groups is 1. The van der Waals surface area contributed by atoms with Gasteiger partial charge in [-0.2, -0.15) is 11.8 Å². The number of carbonyl (C=O) groups is 2. The quantitative estimate of drug-likeness (QED) is 0.611. The summed E-state index contributed by atoms with van der Waals surface area (Å²) in [7, 11) is 0. The van der Waals surface area contributed by atoms with Gasteiger partial charge in [0, 0.05) is 17.4 Å². The van der Waals surface area contributed by atoms with Crippen LogP contribution in [0.3, 0.4) is 0 Å². The molecule has 5 nitrogen and oxygen atoms in total. The molecule has 4 N–H and O–H groups in total. The van der Waals surface area contributed by atoms with Gasteiger partial charge in [0.05, 0.1) is 6.10 Å². The number of hydrogen-bond acceptors (Lipinski definition) is 4. The third-order valence-corrected chi connectivity index (χ3v) is 3.01. The second kappa shape index (κ2) is 6.67. The Hall–Kier alpha value is -0.750. The van der Waals surface area contributed by atoms with E-state index in [0.29, 0.717) is 5.75 Å². The van der Waals surface area contributed by atoms with E-state index in [0.717, 1.165) is 0 Å². The van der Waals surface area contributed by atoms with Crippen LogP contribution >= 0.6 is 11.8 Å². The van der Waals surface area contributed by atoms with Crippen LogP contribution in [0.4, 0.5) is 4.79 Å². The van der Waals surface area contributed by atoms with Crippen LogP contribution in [-0.2, 0) is 4.79 Å². The Morgan fingerprint density at radius 2 is 2.07 bits per heavy atom. The Morgan fingerprint density at radius 1 is 1.50 bits per heavy atom. The Kier molecular flexibility index (Phi) is 6.31. The molecule has 0 radical (unpaired) electrons. The zero-order valence-corrected chi connectivity index (χ0v) is 9.13. The minimum atomic E-state index is -0.830. The molecule has 0 spiro atoms. The highest BCUT2D eigenvalue weighted by Gasteiger charge is 2.10. The van der Waals surface area contributed by atoms with Gasteiger partial charge in [-0.3, -0.25) is 10.1 Å². The molecule has 0 rings (SSSR count). The molecular formula is C8H16N2O3S. The first-order valence-electron chi connectivity index (χ1n) is 4.32. The maximum Gasteiger partial charge on any atom is 0.318 e. The van der Waals surface area contributed by atoms with Crippen molar-refractivity contribution in [2.75, 3.05) is 5.75 Å². The Balaban J connectivity index is 3.54. The fraction of sp³-hybridized carbons (Fsp3) is 0.750. The van der Waals surface area contributed by atoms with E-state index in [1.165, 1.54) is 11.8 Å². The van der Waals surface area contributed by atoms with Gasteiger partial charge in [-0.15, -0.1) is 0 Å². The van der Waals surface area contributed by atoms with Gasteiger partial charge in [-0.1, -0.05) is 6.92 Å². The van der Waals surface area contributed by atoms with Crippen molar-refractivity contribution in [3.8, 4) is 0 Å². The molecule has 0 aliphatic heterocycles. The molecular weight excluding hydrogens is 204 g/mol. The van der Waals surface area contributed by atoms with E-state index in [9.17, 15) is 9.59 Å². The normalized spacial score (nSPS) is 14.5. The number of aliphatic hydroxyl groups excluding tert-OH is 1. The number of carbonyl (C=O) groups excluding carboxylic acids is 2. The number of nitrogens with one attached hydrogen (secondary N) is 1. The van der Waals surface area contributed by atoms with E-state index in [2.05, 4.69) is 0 Å². The average Bonchev–Trinajstić information content (AvgIpc) is 2.02. The van der Waals surface area contributed by atoms with Crippen LogP contribution in [0.25, 0.3) is 0 Å². The highest BCUT2D eigenvalue weighted by Crippen LogP contribution is 2.14. The highest BCUT2D eigenvalue weighted by molar-refractivity contribution is 7.99. The SMILES string of the molecule is CC(O)C(C)SCCC(=O)NC(N)=O. The zero-order chi connectivity index (χ0) is 11.1. The first kappa shape index (κ1) is 13.2. The van der Waals surface area contributed by atoms with Crippen LogP contribution in [0.2, 0.25) is 0 Å². The summed E-state index contributed by atoms with van der Waals surface area (Å²) >= 11 is 1.48. The Morgan fingerprint density at radius 3 is 2.50 bits per heavy atom. The van der Waals surface area contributed by atoms with Crippen LogP contribution in [0, 0.1) is 0 Å². The molecule has 0 saturated heterocycles. The number of aliphatic hydroxyl groups is 1. The smallest absolute Gasteiger partial charge is 0.318 e. The predicted molar refractivity (Wildman–Crippen MR) is 55.9 cm³/mol. The number of rotatable bonds is 5. The number of imide groups is 1. The average molecular weight is 220 g/mol. The van der Waals surface area contributed by atoms with Gasteiger partial charge < -0.3 is 10.8 Å². The van der Waals surface area contributed by atoms with Crippen LogP contribution in [-0.4, -0.2) is 34.2 Å². The molecule has 82 valence electrons. The topological polar surface area (TPSA) is 92.4 Å². The molecule has 0 heterocycles. The number of primary amides is 1. The number of nitrogens with two attached hydrogens (primary N) is 1. The van der Waals surface area contributed by atoms with Crippen LogP contribution in [0.15, 0.2) is 0 Å². The van der Waals surface area contributed by atoms with Crippen LogP contribution in [0.5, 0.6) is 0 Å². The molecule has 0 bridgehead atoms. The van der Waals surface area contributed by atoms with Gasteiger partial charge in [0.2, 0.25) is 5.91 Å². The molecule has 14 heavy (non-hydrogen) atoms. The van der Waals surface area contributed by atoms with Crippen molar-refractivity contribution in [1.82, 2.24) is 5.32 Å². The molecule has 0 aromatic heterocycles. The summed E-state index contributed by atoms with van der Waals surface area (Å²) in [4.78, 5) is 21.2. The standard InChI is InChI=1S/C8H16N2O3S/c1-5(11)6(2)14-4-3-7(12)10-8(9)13/h5-6,11H,3-4H2,1-2H3,(H3,9,10,12,13). The van der Waals surface area contributed by atoms with E-state index in [-0.39, 0.29) is 17.6 Å². The van der Waals surface area contributed by atoms with Crippen molar-refractivity contribution in [2.45, 2.75) is 31.6 Å². The minimum Gasteiger partial charge on any atom is -0.392 e. The lowest BCUT2D eigenvalue weighted by Crippen LogP contribution is -2.35. The molecule has 0 aromatic carbocycles. The fourth-order valence-electron chi connectivity index (χ4n) is 0.677. The Labute approximate surface area is 87.4 Å². The maximum absolute atomic E-state index is 10.9. The van der Waals surface area contributed by atoms with Crippen molar-refractivity contribution in [3.05, 3.63) is 0 Å². The first-order valence-corrected chi connectivity index (χ1v) is 5.37. The third-order valence-electron chi connectivity index (χ3n) is 1.65. The fourth-order valence-corrected chi connectivity index (χ4v) is 1.63. The largest absolute Gasteiger partial charge is 0.392 e. The van der Waals surface area contributed by atoms with Gasteiger partial charge >= 0.3 is 6.03 Å². The molecule has 3 amide bonds. The monoisotopic (exact) mass is 220 g/mol. The van der Waals surface area contributed by atoms with E-state index < -0.39 is 12.1 Å². The lowest BCUT2D eigenvalue weighted by molar-refractivity contribution is -0.119. The van der Waals surface area contributed by atoms with Crippen molar-refractivity contribution in [2.24, 2.45) is 5.73 Å². The molecule has 2 unspecified atom stereocenters. The van der Waals surface area contributed by atoms with Gasteiger partial charge in [0.25, 0.3) is 0 Å². The predicted octanol–water partition coefficient (Wildman–Crippen LogP) is 0.0739. The van der Waals surface area contributed by atoms with E-state index in [1.54, 1.807) is 6.92 Å². The molecule has 0 saturated carbocycles. The molecule has 0 aliphatic rings. The number of hydrogen-bond donors (Lipinski definition) is 3. The van der Waals surface area contributed by atoms with Gasteiger partial charge in [0.1, 0.15) is 0 Å². The summed E-state index contributed by atoms with van der Waals surface area (Å²) < 4.78 is 0. The molecule has 0 aromatic rings. The van der Waals surface area contributed by atoms with Crippen molar-refractivity contribution in [3.63, 3.8) is 0 Å². The Bertz CT molecular complexity index is 209. The zero-order valence-electron chi connectivity index (χ0n) is 8.32.